The van der Waals surface area contributed by atoms with Crippen molar-refractivity contribution < 1.29 is 17.7 Å². The third-order valence-electron chi connectivity index (χ3n) is 7.88. The predicted octanol–water partition coefficient (Wildman–Crippen LogP) is 10.7. The van der Waals surface area contributed by atoms with Crippen molar-refractivity contribution in [3.63, 3.8) is 0 Å². The van der Waals surface area contributed by atoms with Gasteiger partial charge in [0.1, 0.15) is 47.4 Å². The van der Waals surface area contributed by atoms with Gasteiger partial charge in [-0.05, 0) is 70.1 Å². The minimum absolute atomic E-state index is 0.573. The van der Waals surface area contributed by atoms with Crippen LogP contribution in [0.4, 0.5) is 11.4 Å². The molecule has 7 heterocycles. The van der Waals surface area contributed by atoms with Crippen LogP contribution < -0.4 is 11.5 Å². The summed E-state index contributed by atoms with van der Waals surface area (Å²) in [6.07, 6.45) is 10.4. The first-order chi connectivity index (χ1) is 24.6. The maximum atomic E-state index is 6.64. The highest BCUT2D eigenvalue weighted by molar-refractivity contribution is 6.06. The highest BCUT2D eigenvalue weighted by atomic mass is 16.3. The fourth-order valence-electron chi connectivity index (χ4n) is 5.39. The lowest BCUT2D eigenvalue weighted by molar-refractivity contribution is 0.601. The molecule has 12 bridgehead atoms. The van der Waals surface area contributed by atoms with Gasteiger partial charge in [0.25, 0.3) is 0 Å². The van der Waals surface area contributed by atoms with Gasteiger partial charge in [-0.2, -0.15) is 0 Å². The molecule has 6 aromatic carbocycles. The molecular formula is C44H26N2O4. The Kier molecular flexibility index (Phi) is 8.93. The molecule has 6 nitrogen and oxygen atoms in total. The van der Waals surface area contributed by atoms with Gasteiger partial charge < -0.3 is 29.1 Å². The molecule has 50 heavy (non-hydrogen) atoms. The summed E-state index contributed by atoms with van der Waals surface area (Å²) in [5.41, 5.74) is 16.9. The fraction of sp³-hybridized carbons (Fsp3) is 0. The molecule has 0 atom stereocenters. The van der Waals surface area contributed by atoms with E-state index in [0.717, 1.165) is 43.1 Å². The van der Waals surface area contributed by atoms with Crippen molar-refractivity contribution in [1.29, 1.82) is 0 Å². The van der Waals surface area contributed by atoms with E-state index in [2.05, 4.69) is 49.3 Å². The molecule has 0 saturated carbocycles. The summed E-state index contributed by atoms with van der Waals surface area (Å²) in [4.78, 5) is 0. The third-order valence-corrected chi connectivity index (χ3v) is 7.88. The highest BCUT2D eigenvalue weighted by Crippen LogP contribution is 2.28. The second-order valence-corrected chi connectivity index (χ2v) is 10.9. The third kappa shape index (κ3) is 7.02. The maximum absolute atomic E-state index is 6.64. The van der Waals surface area contributed by atoms with E-state index >= 15 is 0 Å². The molecule has 0 unspecified atom stereocenters. The smallest absolute Gasteiger partial charge is 0.140 e. The van der Waals surface area contributed by atoms with Crippen LogP contribution in [0.5, 0.6) is 0 Å². The van der Waals surface area contributed by atoms with Gasteiger partial charge in [0.05, 0.1) is 0 Å². The molecule has 6 heteroatoms. The van der Waals surface area contributed by atoms with Crippen molar-refractivity contribution in [3.05, 3.63) is 183 Å². The minimum atomic E-state index is 0.573. The Morgan fingerprint density at radius 2 is 0.520 bits per heavy atom. The zero-order valence-corrected chi connectivity index (χ0v) is 26.5. The number of hydrogen-bond donors (Lipinski definition) is 2. The zero-order chi connectivity index (χ0) is 34.1. The van der Waals surface area contributed by atoms with E-state index in [1.165, 1.54) is 0 Å². The molecule has 0 fully saturated rings. The number of benzene rings is 6. The summed E-state index contributed by atoms with van der Waals surface area (Å²) in [6, 6.07) is 52.5. The molecule has 4 N–H and O–H groups in total. The molecule has 236 valence electrons. The van der Waals surface area contributed by atoms with Gasteiger partial charge in [-0.3, -0.25) is 0 Å². The van der Waals surface area contributed by atoms with Crippen molar-refractivity contribution in [3.8, 4) is 0 Å². The normalized spacial score (nSPS) is 9.92. The average Bonchev–Trinajstić information content (AvgIpc) is 3.16. The molecule has 0 aliphatic rings. The molecule has 0 spiro atoms. The Labute approximate surface area is 288 Å². The van der Waals surface area contributed by atoms with Gasteiger partial charge in [0, 0.05) is 57.2 Å². The van der Waals surface area contributed by atoms with Gasteiger partial charge in [0.2, 0.25) is 0 Å². The topological polar surface area (TPSA) is 105 Å². The van der Waals surface area contributed by atoms with Crippen molar-refractivity contribution in [2.24, 2.45) is 0 Å². The summed E-state index contributed by atoms with van der Waals surface area (Å²) < 4.78 is 22.2. The Balaban J connectivity index is 1.33. The highest BCUT2D eigenvalue weighted by Gasteiger charge is 2.02. The Bertz CT molecular complexity index is 2260. The molecule has 0 radical (unpaired) electrons. The van der Waals surface area contributed by atoms with Crippen LogP contribution in [0.25, 0.3) is 65.4 Å². The monoisotopic (exact) mass is 646 g/mol. The van der Waals surface area contributed by atoms with Gasteiger partial charge in [-0.15, -0.1) is 0 Å². The number of para-hydroxylation sites is 2. The van der Waals surface area contributed by atoms with Crippen LogP contribution in [0.2, 0.25) is 0 Å². The van der Waals surface area contributed by atoms with Crippen LogP contribution in [0.15, 0.2) is 151 Å². The molecule has 0 saturated heterocycles. The van der Waals surface area contributed by atoms with Crippen LogP contribution in [0.1, 0.15) is 0 Å². The van der Waals surface area contributed by atoms with Gasteiger partial charge in [-0.1, -0.05) is 84.9 Å². The van der Waals surface area contributed by atoms with E-state index in [1.54, 1.807) is 0 Å². The first-order valence-electron chi connectivity index (χ1n) is 15.5. The van der Waals surface area contributed by atoms with Crippen molar-refractivity contribution in [2.75, 3.05) is 11.5 Å². The average molecular weight is 647 g/mol. The van der Waals surface area contributed by atoms with Crippen LogP contribution in [0.3, 0.4) is 0 Å². The van der Waals surface area contributed by atoms with Crippen LogP contribution in [-0.2, 0) is 0 Å². The van der Waals surface area contributed by atoms with Crippen molar-refractivity contribution in [2.45, 2.75) is 0 Å². The molecule has 0 aliphatic heterocycles. The lowest BCUT2D eigenvalue weighted by Crippen LogP contribution is -1.87. The standard InChI is InChI=1S/C44H26N2O4/c45-43-39-7-5-9-41(43)33-15-23-37(24-16-33)49-29-3-4-30-50-38-25-17-34(18-26-38)42-10-6-8-40(44(42)46)32-13-21-36(22-14-32)48-28-2-1-27-47-35-19-11-31(39)12-20-35/h5-26H,45-46H2. The second-order valence-electron chi connectivity index (χ2n) is 10.9. The molecule has 0 amide bonds. The Hall–Kier alpha value is -7.64. The summed E-state index contributed by atoms with van der Waals surface area (Å²) >= 11 is 0. The largest absolute Gasteiger partial charge is 0.407 e. The maximum Gasteiger partial charge on any atom is 0.140 e. The van der Waals surface area contributed by atoms with E-state index < -0.39 is 0 Å². The van der Waals surface area contributed by atoms with Gasteiger partial charge >= 0.3 is 0 Å². The first-order valence-corrected chi connectivity index (χ1v) is 15.5. The lowest BCUT2D eigenvalue weighted by atomic mass is 10.1. The molecule has 0 aliphatic carbocycles. The van der Waals surface area contributed by atoms with E-state index in [9.17, 15) is 0 Å². The number of nitrogens with two attached hydrogens (primary N) is 2. The van der Waals surface area contributed by atoms with Gasteiger partial charge in [0.15, 0.2) is 0 Å². The van der Waals surface area contributed by atoms with Crippen LogP contribution in [-0.4, -0.2) is 0 Å². The number of rotatable bonds is 0. The molecule has 7 aromatic heterocycles. The Morgan fingerprint density at radius 3 is 0.740 bits per heavy atom. The van der Waals surface area contributed by atoms with E-state index in [-0.39, 0.29) is 0 Å². The Morgan fingerprint density at radius 1 is 0.300 bits per heavy atom. The summed E-state index contributed by atoms with van der Waals surface area (Å²) in [7, 11) is 0. The quantitative estimate of drug-likeness (QED) is 0.159. The lowest BCUT2D eigenvalue weighted by Gasteiger charge is -2.03. The number of anilines is 2. The van der Waals surface area contributed by atoms with Gasteiger partial charge in [-0.25, -0.2) is 0 Å². The predicted molar refractivity (Wildman–Crippen MR) is 197 cm³/mol. The minimum Gasteiger partial charge on any atom is -0.407 e. The zero-order valence-electron chi connectivity index (χ0n) is 26.5. The van der Waals surface area contributed by atoms with E-state index in [0.29, 0.717) is 33.7 Å². The number of hydrogen-bond acceptors (Lipinski definition) is 6. The summed E-state index contributed by atoms with van der Waals surface area (Å²) in [5, 5.41) is 7.34. The SMILES string of the molecule is Nc1c2cccc1c1ccc(cc1)oc#cc#coc1ccc(cc1)c1cccc(c1N)c1ccc(cc1)oc#cc#coc1ccc2cc1. The van der Waals surface area contributed by atoms with Crippen molar-refractivity contribution in [1.82, 2.24) is 0 Å². The molecule has 13 rings (SSSR count). The fourth-order valence-corrected chi connectivity index (χ4v) is 5.39. The van der Waals surface area contributed by atoms with E-state index in [1.807, 2.05) is 133 Å². The molecular weight excluding hydrogens is 620 g/mol. The summed E-state index contributed by atoms with van der Waals surface area (Å²) in [5.74, 6) is 0. The van der Waals surface area contributed by atoms with Crippen LogP contribution in [0, 0.1) is 49.3 Å². The molecule has 13 aromatic rings. The summed E-state index contributed by atoms with van der Waals surface area (Å²) in [6.45, 7) is 0. The number of nitrogen functional groups attached to an aromatic ring is 2. The van der Waals surface area contributed by atoms with Crippen LogP contribution >= 0.6 is 0 Å². The van der Waals surface area contributed by atoms with E-state index in [4.69, 9.17) is 29.1 Å². The van der Waals surface area contributed by atoms with Crippen molar-refractivity contribution >= 4 is 76.8 Å². The first kappa shape index (κ1) is 31.0. The second kappa shape index (κ2) is 14.4.